The fourth-order valence-corrected chi connectivity index (χ4v) is 4.08. The lowest BCUT2D eigenvalue weighted by Crippen LogP contribution is -2.43. The average Bonchev–Trinajstić information content (AvgIpc) is 3.46. The number of rotatable bonds is 8. The molecule has 0 unspecified atom stereocenters. The molecule has 3 aromatic carbocycles. The number of anilines is 2. The first-order valence-corrected chi connectivity index (χ1v) is 12.5. The number of aromatic nitrogens is 4. The number of benzene rings is 3. The zero-order valence-electron chi connectivity index (χ0n) is 22.3. The van der Waals surface area contributed by atoms with E-state index in [4.69, 9.17) is 19.4 Å². The molecule has 5 aromatic rings. The first-order chi connectivity index (χ1) is 18.8. The topological polar surface area (TPSA) is 114 Å². The van der Waals surface area contributed by atoms with E-state index in [1.807, 2.05) is 87.6 Å². The molecular formula is C30H30N6O3. The Labute approximate surface area is 226 Å². The second-order valence-corrected chi connectivity index (χ2v) is 10.1. The van der Waals surface area contributed by atoms with E-state index in [-0.39, 0.29) is 18.1 Å². The predicted octanol–water partition coefficient (Wildman–Crippen LogP) is 5.73. The maximum Gasteiger partial charge on any atom is 0.258 e. The molecule has 9 nitrogen and oxygen atoms in total. The van der Waals surface area contributed by atoms with Crippen molar-refractivity contribution in [3.8, 4) is 34.0 Å². The summed E-state index contributed by atoms with van der Waals surface area (Å²) in [5.74, 6) is 2.24. The van der Waals surface area contributed by atoms with Crippen molar-refractivity contribution in [1.82, 2.24) is 25.5 Å². The quantitative estimate of drug-likeness (QED) is 0.238. The Balaban J connectivity index is 1.45. The summed E-state index contributed by atoms with van der Waals surface area (Å²) in [4.78, 5) is 21.9. The van der Waals surface area contributed by atoms with Crippen LogP contribution in [0.3, 0.4) is 0 Å². The summed E-state index contributed by atoms with van der Waals surface area (Å²) >= 11 is 0. The number of nitrogens with zero attached hydrogens (tertiary/aromatic N) is 3. The molecule has 0 saturated heterocycles. The van der Waals surface area contributed by atoms with E-state index >= 15 is 0 Å². The third kappa shape index (κ3) is 6.32. The molecule has 0 aliphatic carbocycles. The van der Waals surface area contributed by atoms with Crippen LogP contribution in [0.1, 0.15) is 20.8 Å². The van der Waals surface area contributed by atoms with Gasteiger partial charge < -0.3 is 20.1 Å². The number of methoxy groups -OCH3 is 1. The minimum absolute atomic E-state index is 0.0826. The normalized spacial score (nSPS) is 11.3. The lowest BCUT2D eigenvalue weighted by Gasteiger charge is -2.20. The zero-order valence-corrected chi connectivity index (χ0v) is 22.3. The fraction of sp³-hybridized carbons (Fsp3) is 0.200. The van der Waals surface area contributed by atoms with Crippen LogP contribution in [0.5, 0.6) is 11.5 Å². The highest BCUT2D eigenvalue weighted by Gasteiger charge is 2.15. The first kappa shape index (κ1) is 25.7. The molecule has 0 fully saturated rings. The number of nitrogens with one attached hydrogen (secondary N) is 3. The van der Waals surface area contributed by atoms with Crippen LogP contribution in [-0.2, 0) is 4.79 Å². The minimum atomic E-state index is -0.327. The number of amides is 1. The standard InChI is InChI=1S/C30H30N6O3/c1-30(2,3)36-27(37)18-39-24-7-5-6-20(14-24)28-34-26-13-12-23(38-4)15-25(26)29(35-28)33-22-10-8-19(9-11-22)21-16-31-32-17-21/h5-17H,18H2,1-4H3,(H,31,32)(H,36,37)(H,33,34,35). The summed E-state index contributed by atoms with van der Waals surface area (Å²) in [6.45, 7) is 5.70. The van der Waals surface area contributed by atoms with Crippen LogP contribution < -0.4 is 20.1 Å². The number of aromatic amines is 1. The third-order valence-corrected chi connectivity index (χ3v) is 5.86. The van der Waals surface area contributed by atoms with Gasteiger partial charge in [0, 0.05) is 33.9 Å². The van der Waals surface area contributed by atoms with Gasteiger partial charge in [-0.15, -0.1) is 0 Å². The van der Waals surface area contributed by atoms with Gasteiger partial charge in [-0.1, -0.05) is 24.3 Å². The van der Waals surface area contributed by atoms with Gasteiger partial charge in [0.15, 0.2) is 12.4 Å². The van der Waals surface area contributed by atoms with Crippen LogP contribution in [0.25, 0.3) is 33.4 Å². The van der Waals surface area contributed by atoms with Crippen LogP contribution in [0.2, 0.25) is 0 Å². The van der Waals surface area contributed by atoms with Gasteiger partial charge in [0.05, 0.1) is 18.8 Å². The second-order valence-electron chi connectivity index (χ2n) is 10.1. The molecule has 39 heavy (non-hydrogen) atoms. The van der Waals surface area contributed by atoms with Gasteiger partial charge in [0.2, 0.25) is 0 Å². The maximum atomic E-state index is 12.2. The van der Waals surface area contributed by atoms with Crippen LogP contribution in [0, 0.1) is 0 Å². The van der Waals surface area contributed by atoms with Gasteiger partial charge in [-0.2, -0.15) is 5.10 Å². The van der Waals surface area contributed by atoms with Crippen LogP contribution in [0.15, 0.2) is 79.1 Å². The van der Waals surface area contributed by atoms with Gasteiger partial charge in [-0.25, -0.2) is 9.97 Å². The monoisotopic (exact) mass is 522 g/mol. The lowest BCUT2D eigenvalue weighted by atomic mass is 10.1. The Morgan fingerprint density at radius 1 is 0.923 bits per heavy atom. The fourth-order valence-electron chi connectivity index (χ4n) is 4.08. The van der Waals surface area contributed by atoms with Crippen molar-refractivity contribution >= 4 is 28.3 Å². The van der Waals surface area contributed by atoms with Crippen molar-refractivity contribution in [2.75, 3.05) is 19.0 Å². The summed E-state index contributed by atoms with van der Waals surface area (Å²) < 4.78 is 11.2. The highest BCUT2D eigenvalue weighted by Crippen LogP contribution is 2.31. The summed E-state index contributed by atoms with van der Waals surface area (Å²) in [5.41, 5.74) is 4.13. The Kier molecular flexibility index (Phi) is 7.14. The lowest BCUT2D eigenvalue weighted by molar-refractivity contribution is -0.124. The molecule has 9 heteroatoms. The van der Waals surface area contributed by atoms with Crippen molar-refractivity contribution in [2.24, 2.45) is 0 Å². The number of carbonyl (C=O) groups excluding carboxylic acids is 1. The molecule has 2 heterocycles. The molecule has 0 spiro atoms. The second kappa shape index (κ2) is 10.8. The Morgan fingerprint density at radius 2 is 1.74 bits per heavy atom. The molecule has 5 rings (SSSR count). The third-order valence-electron chi connectivity index (χ3n) is 5.86. The summed E-state index contributed by atoms with van der Waals surface area (Å²) in [5, 5.41) is 14.0. The van der Waals surface area contributed by atoms with Crippen molar-refractivity contribution in [1.29, 1.82) is 0 Å². The van der Waals surface area contributed by atoms with E-state index < -0.39 is 0 Å². The van der Waals surface area contributed by atoms with Crippen molar-refractivity contribution in [2.45, 2.75) is 26.3 Å². The first-order valence-electron chi connectivity index (χ1n) is 12.5. The Morgan fingerprint density at radius 3 is 2.46 bits per heavy atom. The molecule has 0 aliphatic rings. The Hall–Kier alpha value is -4.92. The summed E-state index contributed by atoms with van der Waals surface area (Å²) in [6.07, 6.45) is 3.64. The molecule has 0 saturated carbocycles. The van der Waals surface area contributed by atoms with Gasteiger partial charge in [-0.05, 0) is 68.8 Å². The van der Waals surface area contributed by atoms with E-state index in [0.29, 0.717) is 23.1 Å². The van der Waals surface area contributed by atoms with E-state index in [1.54, 1.807) is 19.4 Å². The molecule has 0 radical (unpaired) electrons. The number of ether oxygens (including phenoxy) is 2. The number of fused-ring (bicyclic) bond motifs is 1. The molecule has 2 aromatic heterocycles. The maximum absolute atomic E-state index is 12.2. The summed E-state index contributed by atoms with van der Waals surface area (Å²) in [7, 11) is 1.63. The van der Waals surface area contributed by atoms with E-state index in [2.05, 4.69) is 20.8 Å². The van der Waals surface area contributed by atoms with Crippen LogP contribution in [0.4, 0.5) is 11.5 Å². The van der Waals surface area contributed by atoms with Gasteiger partial charge >= 0.3 is 0 Å². The SMILES string of the molecule is COc1ccc2nc(-c3cccc(OCC(=O)NC(C)(C)C)c3)nc(Nc3ccc(-c4cn[nH]c4)cc3)c2c1. The van der Waals surface area contributed by atoms with E-state index in [1.165, 1.54) is 0 Å². The smallest absolute Gasteiger partial charge is 0.258 e. The number of hydrogen-bond donors (Lipinski definition) is 3. The van der Waals surface area contributed by atoms with Crippen LogP contribution in [-0.4, -0.2) is 45.3 Å². The van der Waals surface area contributed by atoms with Crippen molar-refractivity contribution in [3.63, 3.8) is 0 Å². The number of hydrogen-bond acceptors (Lipinski definition) is 7. The molecular weight excluding hydrogens is 492 g/mol. The molecule has 198 valence electrons. The van der Waals surface area contributed by atoms with Gasteiger partial charge in [-0.3, -0.25) is 9.89 Å². The Bertz CT molecular complexity index is 1590. The van der Waals surface area contributed by atoms with Crippen molar-refractivity contribution in [3.05, 3.63) is 79.1 Å². The average molecular weight is 523 g/mol. The van der Waals surface area contributed by atoms with E-state index in [0.717, 1.165) is 33.3 Å². The molecule has 0 bridgehead atoms. The number of carbonyl (C=O) groups is 1. The molecule has 3 N–H and O–H groups in total. The molecule has 0 atom stereocenters. The van der Waals surface area contributed by atoms with Crippen LogP contribution >= 0.6 is 0 Å². The van der Waals surface area contributed by atoms with Gasteiger partial charge in [0.1, 0.15) is 17.3 Å². The molecule has 1 amide bonds. The zero-order chi connectivity index (χ0) is 27.4. The predicted molar refractivity (Wildman–Crippen MR) is 152 cm³/mol. The van der Waals surface area contributed by atoms with E-state index in [9.17, 15) is 4.79 Å². The largest absolute Gasteiger partial charge is 0.497 e. The summed E-state index contributed by atoms with van der Waals surface area (Å²) in [6, 6.07) is 21.1. The minimum Gasteiger partial charge on any atom is -0.497 e. The highest BCUT2D eigenvalue weighted by atomic mass is 16.5. The number of H-pyrrole nitrogens is 1. The van der Waals surface area contributed by atoms with Gasteiger partial charge in [0.25, 0.3) is 5.91 Å². The molecule has 0 aliphatic heterocycles. The highest BCUT2D eigenvalue weighted by molar-refractivity contribution is 5.93. The van der Waals surface area contributed by atoms with Crippen molar-refractivity contribution < 1.29 is 14.3 Å².